The van der Waals surface area contributed by atoms with Crippen molar-refractivity contribution in [1.29, 1.82) is 0 Å². The smallest absolute Gasteiger partial charge is 0.244 e. The fraction of sp³-hybridized carbons (Fsp3) is 0.400. The van der Waals surface area contributed by atoms with E-state index in [0.717, 1.165) is 0 Å². The van der Waals surface area contributed by atoms with Gasteiger partial charge in [0.2, 0.25) is 5.91 Å². The van der Waals surface area contributed by atoms with Crippen molar-refractivity contribution >= 4 is 22.0 Å². The fourth-order valence-electron chi connectivity index (χ4n) is 1.62. The minimum Gasteiger partial charge on any atom is -0.463 e. The quantitative estimate of drug-likeness (QED) is 0.616. The minimum atomic E-state index is -3.04. The lowest BCUT2D eigenvalue weighted by molar-refractivity contribution is -0.124. The van der Waals surface area contributed by atoms with E-state index in [9.17, 15) is 13.2 Å². The number of hydrazone groups is 1. The molecule has 1 atom stereocenters. The van der Waals surface area contributed by atoms with Gasteiger partial charge in [0.15, 0.2) is 9.84 Å². The van der Waals surface area contributed by atoms with Crippen LogP contribution in [0.5, 0.6) is 0 Å². The van der Waals surface area contributed by atoms with Crippen LogP contribution >= 0.6 is 0 Å². The Kier molecular flexibility index (Phi) is 3.28. The summed E-state index contributed by atoms with van der Waals surface area (Å²) >= 11 is 0. The Morgan fingerprint density at radius 2 is 2.41 bits per heavy atom. The molecule has 6 nitrogen and oxygen atoms in total. The van der Waals surface area contributed by atoms with Gasteiger partial charge >= 0.3 is 0 Å². The predicted molar refractivity (Wildman–Crippen MR) is 61.2 cm³/mol. The molecule has 0 bridgehead atoms. The molecule has 1 amide bonds. The van der Waals surface area contributed by atoms with Gasteiger partial charge in [-0.15, -0.1) is 0 Å². The summed E-state index contributed by atoms with van der Waals surface area (Å²) in [5.41, 5.74) is 2.31. The second-order valence-corrected chi connectivity index (χ2v) is 6.08. The van der Waals surface area contributed by atoms with Gasteiger partial charge in [-0.25, -0.2) is 13.8 Å². The van der Waals surface area contributed by atoms with Gasteiger partial charge in [-0.1, -0.05) is 0 Å². The van der Waals surface area contributed by atoms with E-state index in [1.807, 2.05) is 0 Å². The second kappa shape index (κ2) is 4.70. The van der Waals surface area contributed by atoms with E-state index in [0.29, 0.717) is 12.2 Å². The number of rotatable bonds is 3. The van der Waals surface area contributed by atoms with Crippen molar-refractivity contribution in [3.8, 4) is 0 Å². The molecular weight excluding hydrogens is 244 g/mol. The van der Waals surface area contributed by atoms with Gasteiger partial charge in [0.1, 0.15) is 5.76 Å². The predicted octanol–water partition coefficient (Wildman–Crippen LogP) is 0.164. The minimum absolute atomic E-state index is 0.0764. The molecule has 17 heavy (non-hydrogen) atoms. The zero-order valence-electron chi connectivity index (χ0n) is 9.00. The summed E-state index contributed by atoms with van der Waals surface area (Å²) < 4.78 is 27.3. The summed E-state index contributed by atoms with van der Waals surface area (Å²) in [5, 5.41) is 3.69. The van der Waals surface area contributed by atoms with Crippen LogP contribution < -0.4 is 5.43 Å². The van der Waals surface area contributed by atoms with Crippen molar-refractivity contribution < 1.29 is 17.6 Å². The van der Waals surface area contributed by atoms with E-state index in [-0.39, 0.29) is 17.4 Å². The average molecular weight is 256 g/mol. The summed E-state index contributed by atoms with van der Waals surface area (Å²) in [6.07, 6.45) is 3.22. The van der Waals surface area contributed by atoms with Crippen LogP contribution in [0.25, 0.3) is 0 Å². The van der Waals surface area contributed by atoms with E-state index in [2.05, 4.69) is 10.5 Å². The van der Waals surface area contributed by atoms with Gasteiger partial charge in [-0.05, 0) is 18.6 Å². The number of carbonyl (C=O) groups is 1. The molecule has 7 heteroatoms. The molecule has 2 rings (SSSR count). The third-order valence-electron chi connectivity index (χ3n) is 2.51. The van der Waals surface area contributed by atoms with E-state index in [1.165, 1.54) is 12.5 Å². The molecule has 1 saturated heterocycles. The molecule has 92 valence electrons. The molecule has 1 aromatic rings. The standard InChI is InChI=1S/C10H12N2O4S/c13-10(8-3-5-17(14,15)7-8)12-11-6-9-2-1-4-16-9/h1-2,4,6,8H,3,5,7H2,(H,12,13)/b11-6-/t8-/m0/s1. The van der Waals surface area contributed by atoms with Gasteiger partial charge in [0, 0.05) is 0 Å². The summed E-state index contributed by atoms with van der Waals surface area (Å²) in [5.74, 6) is -0.353. The normalized spacial score (nSPS) is 22.9. The molecule has 1 aliphatic heterocycles. The Morgan fingerprint density at radius 3 is 3.00 bits per heavy atom. The van der Waals surface area contributed by atoms with Crippen LogP contribution in [0.2, 0.25) is 0 Å². The Morgan fingerprint density at radius 1 is 1.59 bits per heavy atom. The lowest BCUT2D eigenvalue weighted by Crippen LogP contribution is -2.27. The highest BCUT2D eigenvalue weighted by molar-refractivity contribution is 7.91. The van der Waals surface area contributed by atoms with Crippen LogP contribution in [0.4, 0.5) is 0 Å². The molecule has 1 N–H and O–H groups in total. The monoisotopic (exact) mass is 256 g/mol. The number of nitrogens with one attached hydrogen (secondary N) is 1. The van der Waals surface area contributed by atoms with Crippen molar-refractivity contribution in [1.82, 2.24) is 5.43 Å². The van der Waals surface area contributed by atoms with Gasteiger partial charge in [-0.2, -0.15) is 5.10 Å². The maximum absolute atomic E-state index is 11.5. The molecule has 0 aromatic carbocycles. The number of carbonyl (C=O) groups excluding carboxylic acids is 1. The summed E-state index contributed by atoms with van der Waals surface area (Å²) in [6.45, 7) is 0. The van der Waals surface area contributed by atoms with E-state index in [1.54, 1.807) is 12.1 Å². The molecule has 1 aromatic heterocycles. The molecule has 1 aliphatic rings. The number of furan rings is 1. The third-order valence-corrected chi connectivity index (χ3v) is 4.28. The molecule has 1 fully saturated rings. The number of hydrogen-bond donors (Lipinski definition) is 1. The zero-order chi connectivity index (χ0) is 12.3. The summed E-state index contributed by atoms with van der Waals surface area (Å²) in [7, 11) is -3.04. The van der Waals surface area contributed by atoms with Crippen LogP contribution in [-0.2, 0) is 14.6 Å². The van der Waals surface area contributed by atoms with E-state index < -0.39 is 15.8 Å². The molecule has 2 heterocycles. The number of hydrogen-bond acceptors (Lipinski definition) is 5. The first-order valence-electron chi connectivity index (χ1n) is 5.14. The molecule has 0 aliphatic carbocycles. The summed E-state index contributed by atoms with van der Waals surface area (Å²) in [4.78, 5) is 11.5. The first-order valence-corrected chi connectivity index (χ1v) is 6.96. The number of sulfone groups is 1. The molecule has 0 unspecified atom stereocenters. The van der Waals surface area contributed by atoms with Gasteiger partial charge in [0.25, 0.3) is 0 Å². The van der Waals surface area contributed by atoms with Crippen LogP contribution in [0.1, 0.15) is 12.2 Å². The van der Waals surface area contributed by atoms with Crippen molar-refractivity contribution in [2.75, 3.05) is 11.5 Å². The van der Waals surface area contributed by atoms with E-state index in [4.69, 9.17) is 4.42 Å². The molecular formula is C10H12N2O4S. The Hall–Kier alpha value is -1.63. The topological polar surface area (TPSA) is 88.7 Å². The third kappa shape index (κ3) is 3.16. The fourth-order valence-corrected chi connectivity index (χ4v) is 3.36. The van der Waals surface area contributed by atoms with Crippen molar-refractivity contribution in [3.63, 3.8) is 0 Å². The lowest BCUT2D eigenvalue weighted by atomic mass is 10.1. The molecule has 0 radical (unpaired) electrons. The maximum atomic E-state index is 11.5. The Balaban J connectivity index is 1.86. The lowest BCUT2D eigenvalue weighted by Gasteiger charge is -2.03. The van der Waals surface area contributed by atoms with E-state index >= 15 is 0 Å². The highest BCUT2D eigenvalue weighted by atomic mass is 32.2. The first kappa shape index (κ1) is 11.8. The number of nitrogens with zero attached hydrogens (tertiary/aromatic N) is 1. The van der Waals surface area contributed by atoms with Crippen LogP contribution in [0.15, 0.2) is 27.9 Å². The van der Waals surface area contributed by atoms with Gasteiger partial charge in [-0.3, -0.25) is 4.79 Å². The molecule has 0 spiro atoms. The van der Waals surface area contributed by atoms with Gasteiger partial charge in [0.05, 0.1) is 29.9 Å². The highest BCUT2D eigenvalue weighted by Crippen LogP contribution is 2.18. The van der Waals surface area contributed by atoms with Crippen molar-refractivity contribution in [2.24, 2.45) is 11.0 Å². The Labute approximate surface area is 98.6 Å². The van der Waals surface area contributed by atoms with Crippen LogP contribution in [0.3, 0.4) is 0 Å². The highest BCUT2D eigenvalue weighted by Gasteiger charge is 2.32. The SMILES string of the molecule is O=C(N/N=C\c1ccco1)[C@H]1CCS(=O)(=O)C1. The van der Waals surface area contributed by atoms with Crippen molar-refractivity contribution in [2.45, 2.75) is 6.42 Å². The number of amides is 1. The molecule has 0 saturated carbocycles. The van der Waals surface area contributed by atoms with Crippen LogP contribution in [-0.4, -0.2) is 32.0 Å². The Bertz CT molecular complexity index is 519. The maximum Gasteiger partial charge on any atom is 0.244 e. The van der Waals surface area contributed by atoms with Crippen molar-refractivity contribution in [3.05, 3.63) is 24.2 Å². The second-order valence-electron chi connectivity index (χ2n) is 3.85. The largest absolute Gasteiger partial charge is 0.463 e. The first-order chi connectivity index (χ1) is 8.07. The summed E-state index contributed by atoms with van der Waals surface area (Å²) in [6, 6.07) is 3.39. The van der Waals surface area contributed by atoms with Gasteiger partial charge < -0.3 is 4.42 Å². The average Bonchev–Trinajstić information content (AvgIpc) is 2.87. The van der Waals surface area contributed by atoms with Crippen LogP contribution in [0, 0.1) is 5.92 Å². The zero-order valence-corrected chi connectivity index (χ0v) is 9.81.